The first-order valence-corrected chi connectivity index (χ1v) is 10.6. The van der Waals surface area contributed by atoms with Gasteiger partial charge in [0.15, 0.2) is 5.06 Å². The third kappa shape index (κ3) is 3.13. The minimum Gasteiger partial charge on any atom is -0.496 e. The summed E-state index contributed by atoms with van der Waals surface area (Å²) in [6, 6.07) is 5.60. The van der Waals surface area contributed by atoms with Gasteiger partial charge in [-0.1, -0.05) is 13.8 Å². The van der Waals surface area contributed by atoms with Gasteiger partial charge in [-0.2, -0.15) is 0 Å². The van der Waals surface area contributed by atoms with E-state index in [-0.39, 0.29) is 0 Å². The van der Waals surface area contributed by atoms with Crippen LogP contribution in [0.4, 0.5) is 4.79 Å². The number of methoxy groups -OCH3 is 1. The van der Waals surface area contributed by atoms with Crippen LogP contribution in [-0.2, 0) is 13.0 Å². The highest BCUT2D eigenvalue weighted by molar-refractivity contribution is 7.14. The second-order valence-electron chi connectivity index (χ2n) is 8.10. The van der Waals surface area contributed by atoms with Crippen LogP contribution in [0.15, 0.2) is 18.2 Å². The summed E-state index contributed by atoms with van der Waals surface area (Å²) in [5.74, 6) is 2.76. The molecular formula is C22H27NO4S. The summed E-state index contributed by atoms with van der Waals surface area (Å²) in [7, 11) is 1.61. The molecule has 2 aliphatic carbocycles. The van der Waals surface area contributed by atoms with E-state index in [0.717, 1.165) is 22.8 Å². The van der Waals surface area contributed by atoms with Crippen molar-refractivity contribution in [2.45, 2.75) is 46.6 Å². The van der Waals surface area contributed by atoms with Crippen LogP contribution in [0.3, 0.4) is 0 Å². The number of ether oxygens (including phenoxy) is 3. The molecule has 4 rings (SSSR count). The third-order valence-electron chi connectivity index (χ3n) is 6.16. The van der Waals surface area contributed by atoms with E-state index in [1.54, 1.807) is 18.4 Å². The molecule has 0 radical (unpaired) electrons. The number of aryl methyl sites for hydroxylation is 1. The monoisotopic (exact) mass is 401 g/mol. The normalized spacial score (nSPS) is 20.9. The average Bonchev–Trinajstić information content (AvgIpc) is 2.99. The van der Waals surface area contributed by atoms with Gasteiger partial charge in [-0.15, -0.1) is 11.3 Å². The van der Waals surface area contributed by atoms with E-state index in [0.29, 0.717) is 36.2 Å². The summed E-state index contributed by atoms with van der Waals surface area (Å²) in [5.41, 5.74) is 3.93. The molecule has 6 heteroatoms. The molecule has 1 aromatic heterocycles. The maximum atomic E-state index is 12.4. The zero-order valence-electron chi connectivity index (χ0n) is 17.0. The van der Waals surface area contributed by atoms with Crippen molar-refractivity contribution in [1.82, 2.24) is 5.32 Å². The Morgan fingerprint density at radius 1 is 1.36 bits per heavy atom. The predicted octanol–water partition coefficient (Wildman–Crippen LogP) is 5.05. The smallest absolute Gasteiger partial charge is 0.413 e. The first-order chi connectivity index (χ1) is 13.4. The Balaban J connectivity index is 1.40. The Bertz CT molecular complexity index is 918. The van der Waals surface area contributed by atoms with Crippen LogP contribution in [0.1, 0.15) is 48.3 Å². The van der Waals surface area contributed by atoms with Crippen molar-refractivity contribution in [2.75, 3.05) is 13.7 Å². The van der Waals surface area contributed by atoms with Crippen LogP contribution in [0.2, 0.25) is 0 Å². The van der Waals surface area contributed by atoms with Crippen LogP contribution in [-0.4, -0.2) is 19.8 Å². The molecule has 1 saturated carbocycles. The molecule has 28 heavy (non-hydrogen) atoms. The largest absolute Gasteiger partial charge is 0.496 e. The van der Waals surface area contributed by atoms with Crippen molar-refractivity contribution in [1.29, 1.82) is 0 Å². The minimum absolute atomic E-state index is 0.333. The summed E-state index contributed by atoms with van der Waals surface area (Å²) in [6.07, 6.45) is 0.590. The summed E-state index contributed by atoms with van der Waals surface area (Å²) >= 11 is 1.59. The van der Waals surface area contributed by atoms with E-state index in [4.69, 9.17) is 14.2 Å². The van der Waals surface area contributed by atoms with Gasteiger partial charge in [-0.3, -0.25) is 0 Å². The van der Waals surface area contributed by atoms with Crippen LogP contribution < -0.4 is 19.5 Å². The number of amides is 1. The van der Waals surface area contributed by atoms with Gasteiger partial charge >= 0.3 is 6.09 Å². The highest BCUT2D eigenvalue weighted by atomic mass is 32.1. The van der Waals surface area contributed by atoms with E-state index in [9.17, 15) is 4.79 Å². The standard InChI is InChI=1S/C22H27NO4S/c1-6-26-14-8-7-13(17(9-14)25-5)11-23-21(24)27-20-15-10-16-19(22(16,3)4)18(15)12(2)28-20/h7-9,16,19H,6,10-11H2,1-5H3,(H,23,24)/t16-,19-/m1/s1. The highest BCUT2D eigenvalue weighted by Crippen LogP contribution is 2.72. The molecule has 0 spiro atoms. The lowest BCUT2D eigenvalue weighted by atomic mass is 9.96. The van der Waals surface area contributed by atoms with E-state index in [2.05, 4.69) is 26.1 Å². The first kappa shape index (κ1) is 19.1. The summed E-state index contributed by atoms with van der Waals surface area (Å²) in [4.78, 5) is 13.7. The summed E-state index contributed by atoms with van der Waals surface area (Å²) < 4.78 is 16.6. The van der Waals surface area contributed by atoms with E-state index < -0.39 is 6.09 Å². The van der Waals surface area contributed by atoms with Crippen LogP contribution in [0, 0.1) is 18.3 Å². The molecule has 1 amide bonds. The molecule has 2 aliphatic rings. The van der Waals surface area contributed by atoms with Crippen LogP contribution in [0.5, 0.6) is 16.6 Å². The van der Waals surface area contributed by atoms with Crippen molar-refractivity contribution in [3.63, 3.8) is 0 Å². The van der Waals surface area contributed by atoms with Crippen LogP contribution >= 0.6 is 11.3 Å². The fourth-order valence-corrected chi connectivity index (χ4v) is 5.67. The maximum absolute atomic E-state index is 12.4. The molecule has 0 aliphatic heterocycles. The van der Waals surface area contributed by atoms with Crippen molar-refractivity contribution in [2.24, 2.45) is 11.3 Å². The number of fused-ring (bicyclic) bond motifs is 3. The number of rotatable bonds is 6. The number of carbonyl (C=O) groups is 1. The SMILES string of the molecule is CCOc1ccc(CNC(=O)Oc2sc(C)c3c2C[C@@H]2[C@H]3C2(C)C)c(OC)c1. The zero-order chi connectivity index (χ0) is 20.1. The Hall–Kier alpha value is -2.21. The zero-order valence-corrected chi connectivity index (χ0v) is 17.9. The Kier molecular flexibility index (Phi) is 4.78. The van der Waals surface area contributed by atoms with Gasteiger partial charge in [-0.05, 0) is 55.2 Å². The second kappa shape index (κ2) is 6.99. The minimum atomic E-state index is -0.431. The molecule has 1 N–H and O–H groups in total. The third-order valence-corrected chi connectivity index (χ3v) is 7.20. The molecule has 5 nitrogen and oxygen atoms in total. The average molecular weight is 402 g/mol. The molecule has 150 valence electrons. The number of benzene rings is 1. The molecule has 1 fully saturated rings. The summed E-state index contributed by atoms with van der Waals surface area (Å²) in [5, 5.41) is 3.59. The number of hydrogen-bond acceptors (Lipinski definition) is 5. The lowest BCUT2D eigenvalue weighted by molar-refractivity contribution is 0.201. The van der Waals surface area contributed by atoms with Gasteiger partial charge in [0, 0.05) is 28.6 Å². The lowest BCUT2D eigenvalue weighted by Crippen LogP contribution is -2.26. The fraction of sp³-hybridized carbons (Fsp3) is 0.500. The number of thiophene rings is 1. The van der Waals surface area contributed by atoms with Crippen molar-refractivity contribution >= 4 is 17.4 Å². The van der Waals surface area contributed by atoms with Crippen molar-refractivity contribution < 1.29 is 19.0 Å². The molecule has 0 unspecified atom stereocenters. The number of nitrogens with one attached hydrogen (secondary N) is 1. The van der Waals surface area contributed by atoms with E-state index in [1.165, 1.54) is 16.0 Å². The number of carbonyl (C=O) groups excluding carboxylic acids is 1. The second-order valence-corrected chi connectivity index (χ2v) is 9.28. The summed E-state index contributed by atoms with van der Waals surface area (Å²) in [6.45, 7) is 9.66. The van der Waals surface area contributed by atoms with Gasteiger partial charge in [0.1, 0.15) is 11.5 Å². The molecule has 0 bridgehead atoms. The predicted molar refractivity (Wildman–Crippen MR) is 110 cm³/mol. The van der Waals surface area contributed by atoms with E-state index in [1.807, 2.05) is 25.1 Å². The van der Waals surface area contributed by atoms with Crippen molar-refractivity contribution in [3.05, 3.63) is 39.8 Å². The van der Waals surface area contributed by atoms with Crippen LogP contribution in [0.25, 0.3) is 0 Å². The quantitative estimate of drug-likeness (QED) is 0.736. The van der Waals surface area contributed by atoms with Gasteiger partial charge in [0.25, 0.3) is 0 Å². The van der Waals surface area contributed by atoms with Gasteiger partial charge in [0.05, 0.1) is 13.7 Å². The van der Waals surface area contributed by atoms with Gasteiger partial charge in [0.2, 0.25) is 0 Å². The molecule has 2 aromatic rings. The lowest BCUT2D eigenvalue weighted by Gasteiger charge is -2.12. The van der Waals surface area contributed by atoms with Gasteiger partial charge in [-0.25, -0.2) is 4.79 Å². The fourth-order valence-electron chi connectivity index (χ4n) is 4.59. The van der Waals surface area contributed by atoms with Gasteiger partial charge < -0.3 is 19.5 Å². The Morgan fingerprint density at radius 2 is 2.14 bits per heavy atom. The Labute approximate surface area is 170 Å². The molecule has 2 atom stereocenters. The highest BCUT2D eigenvalue weighted by Gasteiger charge is 2.63. The van der Waals surface area contributed by atoms with Crippen molar-refractivity contribution in [3.8, 4) is 16.6 Å². The topological polar surface area (TPSA) is 56.8 Å². The van der Waals surface area contributed by atoms with E-state index >= 15 is 0 Å². The first-order valence-electron chi connectivity index (χ1n) is 9.74. The molecule has 0 saturated heterocycles. The maximum Gasteiger partial charge on any atom is 0.413 e. The molecule has 1 aromatic carbocycles. The Morgan fingerprint density at radius 3 is 2.86 bits per heavy atom. The molecule has 1 heterocycles. The number of hydrogen-bond donors (Lipinski definition) is 1. The molecular weight excluding hydrogens is 374 g/mol.